The molecule has 4 amide bonds. The van der Waals surface area contributed by atoms with Gasteiger partial charge in [-0.3, -0.25) is 43.3 Å². The van der Waals surface area contributed by atoms with Gasteiger partial charge in [0, 0.05) is 114 Å². The number of carbonyl (C=O) groups is 6. The minimum atomic E-state index is -4.88. The molecule has 1 unspecified atom stereocenters. The summed E-state index contributed by atoms with van der Waals surface area (Å²) in [5.41, 5.74) is 3.08. The summed E-state index contributed by atoms with van der Waals surface area (Å²) in [6.07, 6.45) is 12.9. The third kappa shape index (κ3) is 16.7. The van der Waals surface area contributed by atoms with Gasteiger partial charge in [0.25, 0.3) is 17.7 Å². The number of imide groups is 1. The molecular weight excluding hydrogens is 1110 g/mol. The predicted octanol–water partition coefficient (Wildman–Crippen LogP) is 5.52. The molecule has 0 bridgehead atoms. The van der Waals surface area contributed by atoms with Crippen molar-refractivity contribution in [3.05, 3.63) is 146 Å². The minimum Gasteiger partial charge on any atom is -0.748 e. The zero-order valence-corrected chi connectivity index (χ0v) is 41.8. The van der Waals surface area contributed by atoms with Gasteiger partial charge in [-0.15, -0.1) is 17.2 Å². The van der Waals surface area contributed by atoms with Crippen molar-refractivity contribution in [2.24, 2.45) is 0 Å². The molecular formula is C50H50IrN9O10S-3. The maximum absolute atomic E-state index is 13.2. The number of ketones is 1. The number of hydroxylamine groups is 2. The molecule has 1 aliphatic rings. The largest absolute Gasteiger partial charge is 0.748 e. The fraction of sp³-hybridized carbons (Fsp3) is 0.280. The molecule has 4 aromatic heterocycles. The Bertz CT molecular complexity index is 2900. The van der Waals surface area contributed by atoms with Crippen molar-refractivity contribution in [2.75, 3.05) is 19.3 Å². The number of nitrogens with zero attached hydrogens (tertiary/aromatic N) is 8. The molecule has 21 heteroatoms. The quantitative estimate of drug-likeness (QED) is 0.0344. The monoisotopic (exact) mass is 1160 g/mol. The molecule has 1 radical (unpaired) electrons. The Morgan fingerprint density at radius 2 is 1.35 bits per heavy atom. The molecule has 0 aliphatic carbocycles. The van der Waals surface area contributed by atoms with Crippen LogP contribution in [-0.4, -0.2) is 113 Å². The molecule has 0 saturated carbocycles. The van der Waals surface area contributed by atoms with Crippen molar-refractivity contribution in [3.63, 3.8) is 0 Å². The topological polar surface area (TPSA) is 249 Å². The number of rotatable bonds is 19. The smallest absolute Gasteiger partial charge is 0.333 e. The molecule has 1 atom stereocenters. The van der Waals surface area contributed by atoms with Crippen molar-refractivity contribution in [2.45, 2.75) is 70.3 Å². The molecule has 0 spiro atoms. The van der Waals surface area contributed by atoms with Gasteiger partial charge in [-0.05, 0) is 54.9 Å². The van der Waals surface area contributed by atoms with Crippen LogP contribution in [0, 0.1) is 12.1 Å². The summed E-state index contributed by atoms with van der Waals surface area (Å²) < 4.78 is 38.4. The van der Waals surface area contributed by atoms with Crippen LogP contribution in [0.5, 0.6) is 0 Å². The van der Waals surface area contributed by atoms with E-state index in [-0.39, 0.29) is 76.6 Å². The molecule has 1 saturated heterocycles. The SMILES string of the molecule is CN(CCCC(=O)C(CS(=O)(=O)[O-])NC(=O)c1ccnc2c1ccc1cccnc12)C(=O)CCCCCCC(=O)ON1C(=O)CCC1=O.[Ir].[c-]1ccccc1-n1cccn1.[c-]1ccccc1-n1cccn1. The van der Waals surface area contributed by atoms with E-state index in [2.05, 4.69) is 37.6 Å². The number of carbonyl (C=O) groups excluding carboxylic acids is 6. The third-order valence-electron chi connectivity index (χ3n) is 10.7. The second-order valence-electron chi connectivity index (χ2n) is 15.9. The molecule has 19 nitrogen and oxygen atoms in total. The summed E-state index contributed by atoms with van der Waals surface area (Å²) in [6, 6.07) is 32.3. The molecule has 5 heterocycles. The van der Waals surface area contributed by atoms with Gasteiger partial charge in [0.15, 0.2) is 5.78 Å². The number of hydrogen-bond acceptors (Lipinski definition) is 14. The fourth-order valence-corrected chi connectivity index (χ4v) is 7.84. The van der Waals surface area contributed by atoms with E-state index < -0.39 is 51.4 Å². The van der Waals surface area contributed by atoms with Crippen molar-refractivity contribution < 1.29 is 66.7 Å². The van der Waals surface area contributed by atoms with Crippen LogP contribution >= 0.6 is 0 Å². The Morgan fingerprint density at radius 1 is 0.732 bits per heavy atom. The van der Waals surface area contributed by atoms with E-state index in [1.807, 2.05) is 79.1 Å². The average molecular weight is 1160 g/mol. The molecule has 71 heavy (non-hydrogen) atoms. The predicted molar refractivity (Wildman–Crippen MR) is 254 cm³/mol. The van der Waals surface area contributed by atoms with Gasteiger partial charge in [-0.25, -0.2) is 13.2 Å². The van der Waals surface area contributed by atoms with Gasteiger partial charge >= 0.3 is 5.97 Å². The van der Waals surface area contributed by atoms with Crippen LogP contribution in [0.3, 0.4) is 0 Å². The second kappa shape index (κ2) is 27.2. The minimum absolute atomic E-state index is 0. The van der Waals surface area contributed by atoms with Crippen LogP contribution in [-0.2, 0) is 59.0 Å². The van der Waals surface area contributed by atoms with E-state index in [4.69, 9.17) is 4.84 Å². The molecule has 7 aromatic rings. The van der Waals surface area contributed by atoms with Crippen LogP contribution in [0.25, 0.3) is 33.2 Å². The normalized spacial score (nSPS) is 12.5. The zero-order valence-electron chi connectivity index (χ0n) is 38.6. The maximum Gasteiger partial charge on any atom is 0.333 e. The van der Waals surface area contributed by atoms with Gasteiger partial charge in [0.1, 0.15) is 6.04 Å². The van der Waals surface area contributed by atoms with Gasteiger partial charge in [0.05, 0.1) is 32.5 Å². The maximum atomic E-state index is 13.2. The number of pyridine rings is 2. The number of amides is 4. The summed E-state index contributed by atoms with van der Waals surface area (Å²) in [7, 11) is -3.31. The number of hydrogen-bond donors (Lipinski definition) is 1. The van der Waals surface area contributed by atoms with Gasteiger partial charge in [-0.1, -0.05) is 31.0 Å². The number of unbranched alkanes of at least 4 members (excludes halogenated alkanes) is 3. The Hall–Kier alpha value is -7.32. The van der Waals surface area contributed by atoms with Crippen LogP contribution in [0.4, 0.5) is 0 Å². The number of nitrogens with one attached hydrogen (secondary N) is 1. The van der Waals surface area contributed by atoms with Crippen LogP contribution < -0.4 is 5.32 Å². The number of aromatic nitrogens is 6. The first-order chi connectivity index (χ1) is 33.8. The van der Waals surface area contributed by atoms with Gasteiger partial charge in [0.2, 0.25) is 5.91 Å². The molecule has 3 aromatic carbocycles. The Morgan fingerprint density at radius 3 is 1.93 bits per heavy atom. The number of fused-ring (bicyclic) bond motifs is 3. The standard InChI is InChI=1S/C32H37N5O10S.2C9H7N2.Ir/c1-36(26(39)10-4-2-3-5-11-29(42)47-37-27(40)14-15-28(37)41)19-7-9-25(38)24(20-48(44,45)46)35-32(43)23-16-18-34-31-22(23)13-12-21-8-6-17-33-30(21)31;2*1-2-5-9(6-3-1)11-8-4-7-10-11;/h6,8,12-13,16-18,24H,2-5,7,9-11,14-15,19-20H2,1H3,(H,35,43)(H,44,45,46);2*1-5,7-8H;/q;2*-1;/p-1. The first-order valence-corrected chi connectivity index (χ1v) is 24.0. The van der Waals surface area contributed by atoms with Crippen molar-refractivity contribution in [1.29, 1.82) is 0 Å². The fourth-order valence-electron chi connectivity index (χ4n) is 7.17. The van der Waals surface area contributed by atoms with Crippen molar-refractivity contribution in [3.8, 4) is 11.4 Å². The Balaban J connectivity index is 0.000000327. The van der Waals surface area contributed by atoms with E-state index in [9.17, 15) is 41.7 Å². The first kappa shape index (κ1) is 54.6. The van der Waals surface area contributed by atoms with Crippen LogP contribution in [0.15, 0.2) is 128 Å². The summed E-state index contributed by atoms with van der Waals surface area (Å²) >= 11 is 0. The molecule has 1 aliphatic heterocycles. The van der Waals surface area contributed by atoms with Crippen molar-refractivity contribution >= 4 is 67.3 Å². The van der Waals surface area contributed by atoms with E-state index in [1.54, 1.807) is 53.2 Å². The van der Waals surface area contributed by atoms with Gasteiger partial charge in [-0.2, -0.15) is 58.7 Å². The average Bonchev–Trinajstić information content (AvgIpc) is 4.18. The Labute approximate surface area is 423 Å². The van der Waals surface area contributed by atoms with E-state index in [0.717, 1.165) is 16.8 Å². The summed E-state index contributed by atoms with van der Waals surface area (Å²) in [5, 5.41) is 12.3. The molecule has 8 rings (SSSR count). The van der Waals surface area contributed by atoms with Crippen LogP contribution in [0.1, 0.15) is 74.6 Å². The van der Waals surface area contributed by atoms with E-state index >= 15 is 0 Å². The molecule has 1 N–H and O–H groups in total. The van der Waals surface area contributed by atoms with E-state index in [0.29, 0.717) is 47.2 Å². The second-order valence-corrected chi connectivity index (χ2v) is 17.3. The van der Waals surface area contributed by atoms with E-state index in [1.165, 1.54) is 17.2 Å². The third-order valence-corrected chi connectivity index (χ3v) is 11.5. The number of benzene rings is 3. The van der Waals surface area contributed by atoms with Gasteiger partial charge < -0.3 is 19.6 Å². The van der Waals surface area contributed by atoms with Crippen LogP contribution in [0.2, 0.25) is 0 Å². The van der Waals surface area contributed by atoms with Crippen molar-refractivity contribution in [1.82, 2.24) is 44.8 Å². The first-order valence-electron chi connectivity index (χ1n) is 22.4. The molecule has 1 fully saturated rings. The molecule has 373 valence electrons. The number of para-hydroxylation sites is 2. The summed E-state index contributed by atoms with van der Waals surface area (Å²) in [4.78, 5) is 88.6. The summed E-state index contributed by atoms with van der Waals surface area (Å²) in [6.45, 7) is 0.185. The number of Topliss-reactive ketones (excluding diaryl/α,β-unsaturated/α-hetero) is 1. The Kier molecular flexibility index (Phi) is 20.9. The summed E-state index contributed by atoms with van der Waals surface area (Å²) in [5.74, 6) is -4.45. The zero-order chi connectivity index (χ0) is 49.9.